The molecule has 428 valence electrons. The van der Waals surface area contributed by atoms with Crippen molar-refractivity contribution < 1.29 is 24.3 Å². The van der Waals surface area contributed by atoms with Crippen LogP contribution in [-0.2, 0) is 0 Å². The maximum absolute atomic E-state index is 11.9. The highest BCUT2D eigenvalue weighted by Gasteiger charge is 2.14. The summed E-state index contributed by atoms with van der Waals surface area (Å²) in [6, 6.07) is 29.5. The Kier molecular flexibility index (Phi) is 59.9. The van der Waals surface area contributed by atoms with Crippen LogP contribution in [0.5, 0.6) is 0 Å². The first-order chi connectivity index (χ1) is 34.0. The lowest BCUT2D eigenvalue weighted by atomic mass is 9.98. The van der Waals surface area contributed by atoms with Gasteiger partial charge in [-0.25, -0.2) is 0 Å². The number of aliphatic hydroxyl groups excluding tert-OH is 1. The van der Waals surface area contributed by atoms with Gasteiger partial charge in [0.05, 0.1) is 18.0 Å². The van der Waals surface area contributed by atoms with Crippen molar-refractivity contribution in [3.8, 4) is 0 Å². The van der Waals surface area contributed by atoms with E-state index in [0.717, 1.165) is 66.8 Å². The predicted molar refractivity (Wildman–Crippen MR) is 341 cm³/mol. The number of ketones is 3. The zero-order valence-corrected chi connectivity index (χ0v) is 51.9. The van der Waals surface area contributed by atoms with E-state index in [-0.39, 0.29) is 51.0 Å². The molecular formula is C66H110BrClN2O5. The summed E-state index contributed by atoms with van der Waals surface area (Å²) in [5, 5.41) is 10.0. The Labute approximate surface area is 476 Å². The summed E-state index contributed by atoms with van der Waals surface area (Å²) < 4.78 is 0. The van der Waals surface area contributed by atoms with E-state index in [2.05, 4.69) is 15.9 Å². The number of benzene rings is 5. The molecule has 0 aliphatic carbocycles. The Bertz CT molecular complexity index is 2120. The van der Waals surface area contributed by atoms with Gasteiger partial charge in [-0.15, -0.1) is 0 Å². The Morgan fingerprint density at radius 2 is 0.680 bits per heavy atom. The molecule has 9 heteroatoms. The fourth-order valence-corrected chi connectivity index (χ4v) is 7.80. The first-order valence-electron chi connectivity index (χ1n) is 25.6. The van der Waals surface area contributed by atoms with Gasteiger partial charge in [0.2, 0.25) is 0 Å². The third-order valence-corrected chi connectivity index (χ3v) is 10.7. The average Bonchev–Trinajstić information content (AvgIpc) is 3.32. The Morgan fingerprint density at radius 3 is 0.880 bits per heavy atom. The number of aryl methyl sites for hydroxylation is 10. The average molecular weight is 1130 g/mol. The van der Waals surface area contributed by atoms with Crippen LogP contribution in [0.1, 0.15) is 207 Å². The van der Waals surface area contributed by atoms with Crippen molar-refractivity contribution in [2.75, 3.05) is 46.6 Å². The molecule has 0 fully saturated rings. The molecule has 0 aliphatic heterocycles. The van der Waals surface area contributed by atoms with Gasteiger partial charge in [-0.1, -0.05) is 198 Å². The summed E-state index contributed by atoms with van der Waals surface area (Å²) >= 11 is 8.55. The molecule has 5 aromatic rings. The highest BCUT2D eigenvalue weighted by molar-refractivity contribution is 9.09. The fourth-order valence-electron chi connectivity index (χ4n) is 7.23. The van der Waals surface area contributed by atoms with E-state index in [0.29, 0.717) is 24.0 Å². The second-order valence-electron chi connectivity index (χ2n) is 16.2. The third kappa shape index (κ3) is 34.7. The van der Waals surface area contributed by atoms with Crippen molar-refractivity contribution in [1.29, 1.82) is 0 Å². The van der Waals surface area contributed by atoms with E-state index in [1.165, 1.54) is 11.1 Å². The molecule has 0 spiro atoms. The van der Waals surface area contributed by atoms with E-state index in [4.69, 9.17) is 11.6 Å². The number of aliphatic hydroxyl groups is 1. The quantitative estimate of drug-likeness (QED) is 0.0846. The fraction of sp³-hybridized carbons (Fsp3) is 0.485. The standard InChI is InChI=1S/C12H19NO.C12H17NO.C10H11BrO.C10H12O.C9H9ClO.5C2H6.3CH4/c2*1-9-6-5-7-10(2)12(9)11(14)8-13(3)4;1-7-4-3-5-8(2)10(7)9(12)6-11;1-7-5-4-6-8(2)10(7)9(3)11;1-6-4-3-5-7(2)8(6)9(10)11;5*1-2;;;/h5-7,11,14H,8H2,1-4H3;5-7H,8H2,1-4H3;3-5H,6H2,1-2H3;4-6H,1-3H3;3-5H,1-2H3;5*1-2H3;3*1H4. The molecule has 0 saturated carbocycles. The number of carbonyl (C=O) groups is 4. The van der Waals surface area contributed by atoms with Gasteiger partial charge in [0.1, 0.15) is 0 Å². The minimum absolute atomic E-state index is 0. The minimum Gasteiger partial charge on any atom is -0.387 e. The number of carbonyl (C=O) groups excluding carboxylic acids is 4. The van der Waals surface area contributed by atoms with Crippen LogP contribution in [-0.4, -0.2) is 84.1 Å². The lowest BCUT2D eigenvalue weighted by molar-refractivity contribution is 0.0954. The van der Waals surface area contributed by atoms with Crippen LogP contribution >= 0.6 is 27.5 Å². The van der Waals surface area contributed by atoms with Crippen molar-refractivity contribution in [3.63, 3.8) is 0 Å². The topological polar surface area (TPSA) is 95.0 Å². The molecule has 5 rings (SSSR count). The summed E-state index contributed by atoms with van der Waals surface area (Å²) in [5.74, 6) is 0.511. The maximum Gasteiger partial charge on any atom is 0.252 e. The van der Waals surface area contributed by atoms with Gasteiger partial charge in [0, 0.05) is 28.8 Å². The van der Waals surface area contributed by atoms with E-state index >= 15 is 0 Å². The number of Topliss-reactive ketones (excluding diaryl/α,β-unsaturated/α-hetero) is 3. The monoisotopic (exact) mass is 1120 g/mol. The van der Waals surface area contributed by atoms with Gasteiger partial charge in [0.15, 0.2) is 17.3 Å². The molecule has 0 amide bonds. The largest absolute Gasteiger partial charge is 0.387 e. The number of likely N-dealkylation sites (N-methyl/N-ethyl adjacent to an activating group) is 2. The zero-order chi connectivity index (χ0) is 57.4. The van der Waals surface area contributed by atoms with Gasteiger partial charge in [-0.2, -0.15) is 0 Å². The zero-order valence-electron chi connectivity index (χ0n) is 49.6. The van der Waals surface area contributed by atoms with Crippen LogP contribution in [0.3, 0.4) is 0 Å². The van der Waals surface area contributed by atoms with Crippen molar-refractivity contribution >= 4 is 50.1 Å². The van der Waals surface area contributed by atoms with E-state index in [9.17, 15) is 24.3 Å². The number of rotatable bonds is 10. The molecule has 1 atom stereocenters. The van der Waals surface area contributed by atoms with Crippen LogP contribution in [0.25, 0.3) is 0 Å². The summed E-state index contributed by atoms with van der Waals surface area (Å²) in [5.41, 5.74) is 14.9. The van der Waals surface area contributed by atoms with Crippen LogP contribution in [0.4, 0.5) is 0 Å². The minimum atomic E-state index is -0.383. The molecule has 0 bridgehead atoms. The normalized spacial score (nSPS) is 9.31. The molecule has 5 aromatic carbocycles. The number of nitrogens with zero attached hydrogens (tertiary/aromatic N) is 2. The molecule has 1 N–H and O–H groups in total. The van der Waals surface area contributed by atoms with E-state index in [1.807, 2.05) is 267 Å². The Morgan fingerprint density at radius 1 is 0.440 bits per heavy atom. The van der Waals surface area contributed by atoms with Crippen LogP contribution in [0.2, 0.25) is 0 Å². The summed E-state index contributed by atoms with van der Waals surface area (Å²) in [4.78, 5) is 49.1. The molecule has 0 heterocycles. The summed E-state index contributed by atoms with van der Waals surface area (Å²) in [6.07, 6.45) is -0.383. The molecular weight excluding hydrogens is 1020 g/mol. The molecule has 0 aliphatic rings. The molecule has 0 saturated heterocycles. The Hall–Kier alpha value is -4.57. The van der Waals surface area contributed by atoms with Gasteiger partial charge in [-0.05, 0) is 177 Å². The lowest BCUT2D eigenvalue weighted by Crippen LogP contribution is -2.22. The van der Waals surface area contributed by atoms with Gasteiger partial charge < -0.3 is 14.9 Å². The van der Waals surface area contributed by atoms with Crippen molar-refractivity contribution in [3.05, 3.63) is 174 Å². The lowest BCUT2D eigenvalue weighted by Gasteiger charge is -2.19. The molecule has 7 nitrogen and oxygen atoms in total. The van der Waals surface area contributed by atoms with Crippen molar-refractivity contribution in [2.45, 2.75) is 174 Å². The van der Waals surface area contributed by atoms with Gasteiger partial charge >= 0.3 is 0 Å². The third-order valence-electron chi connectivity index (χ3n) is 10.0. The summed E-state index contributed by atoms with van der Waals surface area (Å²) in [6.45, 7) is 42.4. The second kappa shape index (κ2) is 51.5. The second-order valence-corrected chi connectivity index (χ2v) is 17.1. The Balaban J connectivity index is -0.000000119. The first-order valence-corrected chi connectivity index (χ1v) is 27.1. The van der Waals surface area contributed by atoms with Crippen LogP contribution in [0.15, 0.2) is 91.0 Å². The smallest absolute Gasteiger partial charge is 0.252 e. The van der Waals surface area contributed by atoms with E-state index < -0.39 is 0 Å². The van der Waals surface area contributed by atoms with Crippen LogP contribution in [0, 0.1) is 69.2 Å². The highest BCUT2D eigenvalue weighted by Crippen LogP contribution is 2.22. The van der Waals surface area contributed by atoms with Gasteiger partial charge in [0.25, 0.3) is 5.24 Å². The number of hydrogen-bond acceptors (Lipinski definition) is 7. The predicted octanol–water partition coefficient (Wildman–Crippen LogP) is 19.1. The molecule has 0 radical (unpaired) electrons. The molecule has 1 unspecified atom stereocenters. The van der Waals surface area contributed by atoms with Crippen molar-refractivity contribution in [2.24, 2.45) is 0 Å². The van der Waals surface area contributed by atoms with E-state index in [1.54, 1.807) is 6.92 Å². The number of halogens is 2. The first kappa shape index (κ1) is 87.1. The summed E-state index contributed by atoms with van der Waals surface area (Å²) in [7, 11) is 7.75. The SMILES string of the molecule is C.C.C.CC.CC.CC.CC.CC.CC(=O)c1c(C)cccc1C.Cc1cccc(C)c1C(=O)CBr.Cc1cccc(C)c1C(=O)CN(C)C.Cc1cccc(C)c1C(=O)Cl.Cc1cccc(C)c1C(O)CN(C)C. The number of alkyl halides is 1. The van der Waals surface area contributed by atoms with Crippen molar-refractivity contribution in [1.82, 2.24) is 9.80 Å². The highest BCUT2D eigenvalue weighted by atomic mass is 79.9. The number of hydrogen-bond donors (Lipinski definition) is 1. The van der Waals surface area contributed by atoms with Crippen LogP contribution < -0.4 is 0 Å². The molecule has 75 heavy (non-hydrogen) atoms. The maximum atomic E-state index is 11.9. The van der Waals surface area contributed by atoms with Gasteiger partial charge in [-0.3, -0.25) is 19.2 Å². The molecule has 0 aromatic heterocycles.